The molecular formula is C9H17NO2. The standard InChI is InChI=1S/C9H17NO2/c1-9(2,3)8(12)10-6-4-7(11)5-6/h6-7,11H,4-5H2,1-3H3,(H,10,12)/t6-,7+. The summed E-state index contributed by atoms with van der Waals surface area (Å²) in [6.07, 6.45) is 1.22. The lowest BCUT2D eigenvalue weighted by Gasteiger charge is -2.34. The molecule has 1 aliphatic rings. The maximum absolute atomic E-state index is 11.4. The Labute approximate surface area is 73.2 Å². The Kier molecular flexibility index (Phi) is 2.42. The number of aliphatic hydroxyl groups is 1. The van der Waals surface area contributed by atoms with Crippen molar-refractivity contribution in [1.29, 1.82) is 0 Å². The van der Waals surface area contributed by atoms with E-state index in [1.807, 2.05) is 20.8 Å². The van der Waals surface area contributed by atoms with Gasteiger partial charge in [0.05, 0.1) is 6.10 Å². The number of carbonyl (C=O) groups is 1. The predicted molar refractivity (Wildman–Crippen MR) is 46.6 cm³/mol. The average Bonchev–Trinajstić information content (AvgIpc) is 1.82. The molecule has 0 aromatic rings. The van der Waals surface area contributed by atoms with Crippen molar-refractivity contribution in [2.24, 2.45) is 5.41 Å². The van der Waals surface area contributed by atoms with E-state index in [0.29, 0.717) is 12.8 Å². The van der Waals surface area contributed by atoms with Crippen molar-refractivity contribution in [3.8, 4) is 0 Å². The molecule has 0 saturated heterocycles. The van der Waals surface area contributed by atoms with Gasteiger partial charge in [-0.2, -0.15) is 0 Å². The van der Waals surface area contributed by atoms with Crippen LogP contribution in [0.5, 0.6) is 0 Å². The second-order valence-electron chi connectivity index (χ2n) is 4.55. The highest BCUT2D eigenvalue weighted by Crippen LogP contribution is 2.21. The van der Waals surface area contributed by atoms with E-state index in [9.17, 15) is 4.79 Å². The van der Waals surface area contributed by atoms with Crippen LogP contribution in [0.4, 0.5) is 0 Å². The summed E-state index contributed by atoms with van der Waals surface area (Å²) >= 11 is 0. The Hall–Kier alpha value is -0.570. The minimum Gasteiger partial charge on any atom is -0.393 e. The fourth-order valence-electron chi connectivity index (χ4n) is 1.11. The van der Waals surface area contributed by atoms with E-state index in [2.05, 4.69) is 5.32 Å². The van der Waals surface area contributed by atoms with Gasteiger partial charge in [0.15, 0.2) is 0 Å². The van der Waals surface area contributed by atoms with E-state index in [4.69, 9.17) is 5.11 Å². The molecule has 3 heteroatoms. The first-order valence-electron chi connectivity index (χ1n) is 4.38. The Balaban J connectivity index is 2.28. The number of rotatable bonds is 1. The number of carbonyl (C=O) groups excluding carboxylic acids is 1. The van der Waals surface area contributed by atoms with Crippen LogP contribution in [0.3, 0.4) is 0 Å². The Morgan fingerprint density at radius 2 is 1.92 bits per heavy atom. The van der Waals surface area contributed by atoms with Crippen molar-refractivity contribution >= 4 is 5.91 Å². The lowest BCUT2D eigenvalue weighted by molar-refractivity contribution is -0.130. The molecule has 0 aliphatic heterocycles. The quantitative estimate of drug-likeness (QED) is 0.609. The first-order chi connectivity index (χ1) is 5.39. The molecule has 1 rings (SSSR count). The summed E-state index contributed by atoms with van der Waals surface area (Å²) in [4.78, 5) is 11.4. The maximum Gasteiger partial charge on any atom is 0.225 e. The molecular weight excluding hydrogens is 154 g/mol. The van der Waals surface area contributed by atoms with Crippen LogP contribution < -0.4 is 5.32 Å². The fourth-order valence-corrected chi connectivity index (χ4v) is 1.11. The Morgan fingerprint density at radius 3 is 2.25 bits per heavy atom. The van der Waals surface area contributed by atoms with E-state index >= 15 is 0 Å². The minimum atomic E-state index is -0.319. The molecule has 12 heavy (non-hydrogen) atoms. The topological polar surface area (TPSA) is 49.3 Å². The third-order valence-corrected chi connectivity index (χ3v) is 2.13. The van der Waals surface area contributed by atoms with Gasteiger partial charge in [0.1, 0.15) is 0 Å². The third kappa shape index (κ3) is 2.21. The van der Waals surface area contributed by atoms with Gasteiger partial charge in [-0.05, 0) is 12.8 Å². The van der Waals surface area contributed by atoms with E-state index in [1.54, 1.807) is 0 Å². The van der Waals surface area contributed by atoms with Crippen LogP contribution in [0.25, 0.3) is 0 Å². The molecule has 0 unspecified atom stereocenters. The number of hydrogen-bond acceptors (Lipinski definition) is 2. The molecule has 1 amide bonds. The summed E-state index contributed by atoms with van der Waals surface area (Å²) in [5, 5.41) is 11.9. The average molecular weight is 171 g/mol. The molecule has 0 heterocycles. The van der Waals surface area contributed by atoms with E-state index < -0.39 is 0 Å². The zero-order chi connectivity index (χ0) is 9.35. The summed E-state index contributed by atoms with van der Waals surface area (Å²) in [5.41, 5.74) is -0.319. The van der Waals surface area contributed by atoms with Gasteiger partial charge in [-0.1, -0.05) is 20.8 Å². The first kappa shape index (κ1) is 9.52. The van der Waals surface area contributed by atoms with Gasteiger partial charge in [0, 0.05) is 11.5 Å². The monoisotopic (exact) mass is 171 g/mol. The summed E-state index contributed by atoms with van der Waals surface area (Å²) in [7, 11) is 0. The van der Waals surface area contributed by atoms with Crippen molar-refractivity contribution in [2.45, 2.75) is 45.8 Å². The van der Waals surface area contributed by atoms with E-state index in [0.717, 1.165) is 0 Å². The largest absolute Gasteiger partial charge is 0.393 e. The van der Waals surface area contributed by atoms with E-state index in [1.165, 1.54) is 0 Å². The highest BCUT2D eigenvalue weighted by atomic mass is 16.3. The lowest BCUT2D eigenvalue weighted by Crippen LogP contribution is -2.49. The fraction of sp³-hybridized carbons (Fsp3) is 0.889. The molecule has 1 fully saturated rings. The van der Waals surface area contributed by atoms with Crippen LogP contribution in [0.1, 0.15) is 33.6 Å². The molecule has 0 bridgehead atoms. The number of hydrogen-bond donors (Lipinski definition) is 2. The van der Waals surface area contributed by atoms with Crippen molar-refractivity contribution in [1.82, 2.24) is 5.32 Å². The minimum absolute atomic E-state index is 0.0689. The van der Waals surface area contributed by atoms with Crippen LogP contribution in [0.2, 0.25) is 0 Å². The highest BCUT2D eigenvalue weighted by molar-refractivity contribution is 5.81. The smallest absolute Gasteiger partial charge is 0.225 e. The number of nitrogens with one attached hydrogen (secondary N) is 1. The molecule has 0 spiro atoms. The van der Waals surface area contributed by atoms with Crippen molar-refractivity contribution < 1.29 is 9.90 Å². The number of amides is 1. The first-order valence-corrected chi connectivity index (χ1v) is 4.38. The molecule has 0 aromatic heterocycles. The molecule has 0 aromatic carbocycles. The SMILES string of the molecule is CC(C)(C)C(=O)N[C@H]1C[C@@H](O)C1. The molecule has 1 aliphatic carbocycles. The van der Waals surface area contributed by atoms with Crippen LogP contribution in [-0.2, 0) is 4.79 Å². The maximum atomic E-state index is 11.4. The molecule has 0 atom stereocenters. The summed E-state index contributed by atoms with van der Waals surface area (Å²) in [5.74, 6) is 0.0689. The lowest BCUT2D eigenvalue weighted by atomic mass is 9.87. The van der Waals surface area contributed by atoms with Gasteiger partial charge in [-0.3, -0.25) is 4.79 Å². The Morgan fingerprint density at radius 1 is 1.42 bits per heavy atom. The van der Waals surface area contributed by atoms with Crippen LogP contribution in [-0.4, -0.2) is 23.2 Å². The van der Waals surface area contributed by atoms with Gasteiger partial charge in [-0.25, -0.2) is 0 Å². The van der Waals surface area contributed by atoms with Gasteiger partial charge in [0.25, 0.3) is 0 Å². The summed E-state index contributed by atoms with van der Waals surface area (Å²) in [6, 6.07) is 0.201. The van der Waals surface area contributed by atoms with Crippen molar-refractivity contribution in [3.05, 3.63) is 0 Å². The van der Waals surface area contributed by atoms with Gasteiger partial charge < -0.3 is 10.4 Å². The second kappa shape index (κ2) is 3.05. The summed E-state index contributed by atoms with van der Waals surface area (Å²) in [6.45, 7) is 5.66. The molecule has 70 valence electrons. The second-order valence-corrected chi connectivity index (χ2v) is 4.55. The number of aliphatic hydroxyl groups excluding tert-OH is 1. The predicted octanol–water partition coefficient (Wildman–Crippen LogP) is 0.672. The molecule has 1 saturated carbocycles. The van der Waals surface area contributed by atoms with Gasteiger partial charge >= 0.3 is 0 Å². The zero-order valence-corrected chi connectivity index (χ0v) is 7.92. The molecule has 0 radical (unpaired) electrons. The highest BCUT2D eigenvalue weighted by Gasteiger charge is 2.31. The Bertz CT molecular complexity index is 177. The molecule has 2 N–H and O–H groups in total. The van der Waals surface area contributed by atoms with Gasteiger partial charge in [-0.15, -0.1) is 0 Å². The van der Waals surface area contributed by atoms with Crippen LogP contribution in [0, 0.1) is 5.41 Å². The van der Waals surface area contributed by atoms with E-state index in [-0.39, 0.29) is 23.5 Å². The van der Waals surface area contributed by atoms with Crippen LogP contribution in [0.15, 0.2) is 0 Å². The van der Waals surface area contributed by atoms with Crippen molar-refractivity contribution in [2.75, 3.05) is 0 Å². The third-order valence-electron chi connectivity index (χ3n) is 2.13. The normalized spacial score (nSPS) is 29.3. The van der Waals surface area contributed by atoms with Crippen LogP contribution >= 0.6 is 0 Å². The van der Waals surface area contributed by atoms with Gasteiger partial charge in [0.2, 0.25) is 5.91 Å². The van der Waals surface area contributed by atoms with Crippen molar-refractivity contribution in [3.63, 3.8) is 0 Å². The molecule has 3 nitrogen and oxygen atoms in total. The zero-order valence-electron chi connectivity index (χ0n) is 7.92. The summed E-state index contributed by atoms with van der Waals surface area (Å²) < 4.78 is 0.